The molecule has 0 bridgehead atoms. The Morgan fingerprint density at radius 1 is 1.10 bits per heavy atom. The zero-order valence-electron chi connectivity index (χ0n) is 11.1. The molecule has 0 amide bonds. The summed E-state index contributed by atoms with van der Waals surface area (Å²) in [5.74, 6) is 1.52. The van der Waals surface area contributed by atoms with E-state index in [-0.39, 0.29) is 12.6 Å². The molecule has 102 valence electrons. The van der Waals surface area contributed by atoms with Gasteiger partial charge in [0.05, 0.1) is 5.56 Å². The van der Waals surface area contributed by atoms with E-state index in [1.54, 1.807) is 12.1 Å². The second kappa shape index (κ2) is 5.25. The van der Waals surface area contributed by atoms with Crippen LogP contribution in [0.25, 0.3) is 0 Å². The van der Waals surface area contributed by atoms with Crippen molar-refractivity contribution in [1.82, 2.24) is 0 Å². The molecule has 0 unspecified atom stereocenters. The van der Waals surface area contributed by atoms with Gasteiger partial charge in [0.15, 0.2) is 17.3 Å². The highest BCUT2D eigenvalue weighted by Gasteiger charge is 2.24. The lowest BCUT2D eigenvalue weighted by Gasteiger charge is -2.10. The zero-order chi connectivity index (χ0) is 13.9. The molecular weight excluding hydrogens is 256 g/mol. The van der Waals surface area contributed by atoms with Gasteiger partial charge in [-0.15, -0.1) is 0 Å². The molecule has 0 fully saturated rings. The summed E-state index contributed by atoms with van der Waals surface area (Å²) in [6.07, 6.45) is 0. The number of rotatable bonds is 4. The molecule has 3 rings (SSSR count). The number of carbonyl (C=O) groups is 1. The molecule has 20 heavy (non-hydrogen) atoms. The predicted molar refractivity (Wildman–Crippen MR) is 73.3 cm³/mol. The lowest BCUT2D eigenvalue weighted by molar-refractivity contribution is 0.101. The summed E-state index contributed by atoms with van der Waals surface area (Å²) in [6.45, 7) is 2.05. The van der Waals surface area contributed by atoms with Gasteiger partial charge in [0.2, 0.25) is 12.5 Å². The van der Waals surface area contributed by atoms with Crippen molar-refractivity contribution in [2.45, 2.75) is 13.5 Å². The van der Waals surface area contributed by atoms with Gasteiger partial charge in [0, 0.05) is 0 Å². The minimum Gasteiger partial charge on any atom is -0.485 e. The van der Waals surface area contributed by atoms with Crippen molar-refractivity contribution in [1.29, 1.82) is 0 Å². The Labute approximate surface area is 116 Å². The Morgan fingerprint density at radius 3 is 2.60 bits per heavy atom. The highest BCUT2D eigenvalue weighted by atomic mass is 16.7. The van der Waals surface area contributed by atoms with Crippen molar-refractivity contribution in [2.24, 2.45) is 0 Å². The van der Waals surface area contributed by atoms with Gasteiger partial charge in [-0.05, 0) is 24.6 Å². The Kier molecular flexibility index (Phi) is 3.29. The van der Waals surface area contributed by atoms with Crippen molar-refractivity contribution in [3.8, 4) is 17.2 Å². The van der Waals surface area contributed by atoms with Crippen molar-refractivity contribution < 1.29 is 19.0 Å². The molecule has 0 aliphatic carbocycles. The second-order valence-electron chi connectivity index (χ2n) is 4.51. The van der Waals surface area contributed by atoms with Crippen molar-refractivity contribution in [3.05, 3.63) is 53.6 Å². The van der Waals surface area contributed by atoms with Crippen LogP contribution in [0.4, 0.5) is 0 Å². The van der Waals surface area contributed by atoms with Gasteiger partial charge in [-0.25, -0.2) is 0 Å². The molecule has 0 atom stereocenters. The van der Waals surface area contributed by atoms with E-state index in [1.807, 2.05) is 30.3 Å². The van der Waals surface area contributed by atoms with Crippen molar-refractivity contribution in [3.63, 3.8) is 0 Å². The van der Waals surface area contributed by atoms with Crippen LogP contribution in [0.1, 0.15) is 22.8 Å². The third-order valence-electron chi connectivity index (χ3n) is 3.10. The highest BCUT2D eigenvalue weighted by molar-refractivity contribution is 5.98. The molecule has 0 aromatic heterocycles. The van der Waals surface area contributed by atoms with Crippen LogP contribution in [-0.4, -0.2) is 12.6 Å². The molecule has 0 saturated carbocycles. The number of carbonyl (C=O) groups excluding carboxylic acids is 1. The normalized spacial score (nSPS) is 12.2. The maximum Gasteiger partial charge on any atom is 0.231 e. The molecule has 2 aromatic rings. The molecule has 0 radical (unpaired) electrons. The fourth-order valence-corrected chi connectivity index (χ4v) is 2.10. The van der Waals surface area contributed by atoms with Crippen LogP contribution in [0, 0.1) is 0 Å². The average Bonchev–Trinajstić information content (AvgIpc) is 2.95. The molecule has 0 spiro atoms. The number of hydrogen-bond donors (Lipinski definition) is 0. The standard InChI is InChI=1S/C16H14O4/c1-11(17)13-7-8-14(16-15(13)19-10-20-16)18-9-12-5-3-2-4-6-12/h2-8H,9-10H2,1H3. The largest absolute Gasteiger partial charge is 0.485 e. The predicted octanol–water partition coefficient (Wildman–Crippen LogP) is 3.20. The minimum atomic E-state index is -0.0543. The zero-order valence-corrected chi connectivity index (χ0v) is 11.1. The van der Waals surface area contributed by atoms with E-state index in [4.69, 9.17) is 14.2 Å². The highest BCUT2D eigenvalue weighted by Crippen LogP contribution is 2.43. The quantitative estimate of drug-likeness (QED) is 0.800. The third kappa shape index (κ3) is 2.32. The Morgan fingerprint density at radius 2 is 1.85 bits per heavy atom. The summed E-state index contributed by atoms with van der Waals surface area (Å²) in [6, 6.07) is 13.3. The van der Waals surface area contributed by atoms with Gasteiger partial charge in [-0.2, -0.15) is 0 Å². The molecule has 1 heterocycles. The number of ether oxygens (including phenoxy) is 3. The Bertz CT molecular complexity index is 634. The van der Waals surface area contributed by atoms with E-state index in [0.717, 1.165) is 5.56 Å². The minimum absolute atomic E-state index is 0.0543. The first-order chi connectivity index (χ1) is 9.75. The van der Waals surface area contributed by atoms with Crippen LogP contribution in [0.2, 0.25) is 0 Å². The first kappa shape index (κ1) is 12.5. The molecule has 0 N–H and O–H groups in total. The van der Waals surface area contributed by atoms with Crippen molar-refractivity contribution >= 4 is 5.78 Å². The maximum absolute atomic E-state index is 11.5. The monoisotopic (exact) mass is 270 g/mol. The van der Waals surface area contributed by atoms with Gasteiger partial charge in [-0.3, -0.25) is 4.79 Å². The van der Waals surface area contributed by atoms with Crippen molar-refractivity contribution in [2.75, 3.05) is 6.79 Å². The molecule has 4 nitrogen and oxygen atoms in total. The fraction of sp³-hybridized carbons (Fsp3) is 0.188. The first-order valence-electron chi connectivity index (χ1n) is 6.36. The number of fused-ring (bicyclic) bond motifs is 1. The Hall–Kier alpha value is -2.49. The van der Waals surface area contributed by atoms with Crippen LogP contribution in [0.15, 0.2) is 42.5 Å². The van der Waals surface area contributed by atoms with Crippen LogP contribution in [0.3, 0.4) is 0 Å². The maximum atomic E-state index is 11.5. The summed E-state index contributed by atoms with van der Waals surface area (Å²) in [7, 11) is 0. The second-order valence-corrected chi connectivity index (χ2v) is 4.51. The van der Waals surface area contributed by atoms with Gasteiger partial charge in [0.25, 0.3) is 0 Å². The summed E-state index contributed by atoms with van der Waals surface area (Å²) in [5.41, 5.74) is 1.58. The molecule has 1 aliphatic heterocycles. The van der Waals surface area contributed by atoms with Gasteiger partial charge in [-0.1, -0.05) is 30.3 Å². The van der Waals surface area contributed by atoms with E-state index in [0.29, 0.717) is 29.4 Å². The summed E-state index contributed by atoms with van der Waals surface area (Å²) in [5, 5.41) is 0. The smallest absolute Gasteiger partial charge is 0.231 e. The van der Waals surface area contributed by atoms with Gasteiger partial charge >= 0.3 is 0 Å². The number of benzene rings is 2. The molecule has 0 saturated heterocycles. The lowest BCUT2D eigenvalue weighted by Crippen LogP contribution is -1.98. The van der Waals surface area contributed by atoms with Crippen LogP contribution in [-0.2, 0) is 6.61 Å². The van der Waals surface area contributed by atoms with Gasteiger partial charge < -0.3 is 14.2 Å². The summed E-state index contributed by atoms with van der Waals surface area (Å²) in [4.78, 5) is 11.5. The fourth-order valence-electron chi connectivity index (χ4n) is 2.10. The van der Waals surface area contributed by atoms with Gasteiger partial charge in [0.1, 0.15) is 6.61 Å². The Balaban J connectivity index is 1.84. The molecule has 4 heteroatoms. The van der Waals surface area contributed by atoms with E-state index in [9.17, 15) is 4.79 Å². The average molecular weight is 270 g/mol. The third-order valence-corrected chi connectivity index (χ3v) is 3.10. The lowest BCUT2D eigenvalue weighted by atomic mass is 10.1. The molecule has 1 aliphatic rings. The van der Waals surface area contributed by atoms with Crippen LogP contribution < -0.4 is 14.2 Å². The van der Waals surface area contributed by atoms with Crippen LogP contribution in [0.5, 0.6) is 17.2 Å². The van der Waals surface area contributed by atoms with E-state index >= 15 is 0 Å². The van der Waals surface area contributed by atoms with E-state index < -0.39 is 0 Å². The summed E-state index contributed by atoms with van der Waals surface area (Å²) >= 11 is 0. The van der Waals surface area contributed by atoms with Crippen LogP contribution >= 0.6 is 0 Å². The topological polar surface area (TPSA) is 44.8 Å². The van der Waals surface area contributed by atoms with E-state index in [2.05, 4.69) is 0 Å². The molecular formula is C16H14O4. The number of Topliss-reactive ketones (excluding diaryl/α,β-unsaturated/α-hetero) is 1. The molecule has 2 aromatic carbocycles. The number of ketones is 1. The number of hydrogen-bond acceptors (Lipinski definition) is 4. The first-order valence-corrected chi connectivity index (χ1v) is 6.36. The van der Waals surface area contributed by atoms with E-state index in [1.165, 1.54) is 6.92 Å². The SMILES string of the molecule is CC(=O)c1ccc(OCc2ccccc2)c2c1OCO2. The summed E-state index contributed by atoms with van der Waals surface area (Å²) < 4.78 is 16.5.